The van der Waals surface area contributed by atoms with Gasteiger partial charge in [0.15, 0.2) is 0 Å². The van der Waals surface area contributed by atoms with Crippen molar-refractivity contribution in [3.63, 3.8) is 0 Å². The SMILES string of the molecule is CC(C)CC(C)(CC1CCCCC1)CC1CCCCC1. The van der Waals surface area contributed by atoms with E-state index in [9.17, 15) is 0 Å². The van der Waals surface area contributed by atoms with Crippen molar-refractivity contribution in [2.75, 3.05) is 0 Å². The van der Waals surface area contributed by atoms with Crippen LogP contribution in [0.25, 0.3) is 0 Å². The molecule has 0 radical (unpaired) electrons. The van der Waals surface area contributed by atoms with Crippen LogP contribution in [0.1, 0.15) is 104 Å². The Bertz CT molecular complexity index is 233. The highest BCUT2D eigenvalue weighted by molar-refractivity contribution is 4.84. The second kappa shape index (κ2) is 7.85. The molecule has 0 aromatic carbocycles. The van der Waals surface area contributed by atoms with Crippen molar-refractivity contribution in [3.8, 4) is 0 Å². The summed E-state index contributed by atoms with van der Waals surface area (Å²) in [4.78, 5) is 0. The Kier molecular flexibility index (Phi) is 6.43. The molecule has 0 unspecified atom stereocenters. The van der Waals surface area contributed by atoms with Gasteiger partial charge in [-0.1, -0.05) is 85.0 Å². The Morgan fingerprint density at radius 1 is 0.750 bits per heavy atom. The molecule has 0 spiro atoms. The van der Waals surface area contributed by atoms with Crippen LogP contribution in [0.3, 0.4) is 0 Å². The molecule has 2 aliphatic rings. The zero-order chi connectivity index (χ0) is 14.4. The fourth-order valence-electron chi connectivity index (χ4n) is 5.41. The van der Waals surface area contributed by atoms with Crippen molar-refractivity contribution >= 4 is 0 Å². The minimum absolute atomic E-state index is 0.637. The van der Waals surface area contributed by atoms with Crippen LogP contribution in [0.15, 0.2) is 0 Å². The van der Waals surface area contributed by atoms with Crippen molar-refractivity contribution in [1.29, 1.82) is 0 Å². The Balaban J connectivity index is 1.91. The van der Waals surface area contributed by atoms with Gasteiger partial charge in [0.25, 0.3) is 0 Å². The minimum Gasteiger partial charge on any atom is -0.0628 e. The Hall–Kier alpha value is 0. The summed E-state index contributed by atoms with van der Waals surface area (Å²) in [7, 11) is 0. The van der Waals surface area contributed by atoms with Gasteiger partial charge in [0.05, 0.1) is 0 Å². The maximum absolute atomic E-state index is 2.64. The monoisotopic (exact) mass is 278 g/mol. The predicted octanol–water partition coefficient (Wildman–Crippen LogP) is 6.98. The lowest BCUT2D eigenvalue weighted by Crippen LogP contribution is -2.27. The van der Waals surface area contributed by atoms with Crippen LogP contribution in [-0.2, 0) is 0 Å². The third-order valence-electron chi connectivity index (χ3n) is 5.91. The van der Waals surface area contributed by atoms with E-state index in [1.54, 1.807) is 0 Å². The van der Waals surface area contributed by atoms with Gasteiger partial charge >= 0.3 is 0 Å². The number of rotatable bonds is 6. The molecule has 0 N–H and O–H groups in total. The van der Waals surface area contributed by atoms with E-state index in [4.69, 9.17) is 0 Å². The molecule has 2 saturated carbocycles. The smallest absolute Gasteiger partial charge is 0.0318 e. The summed E-state index contributed by atoms with van der Waals surface area (Å²) in [6, 6.07) is 0. The average Bonchev–Trinajstić information content (AvgIpc) is 2.39. The Labute approximate surface area is 128 Å². The molecule has 0 atom stereocenters. The van der Waals surface area contributed by atoms with Crippen LogP contribution >= 0.6 is 0 Å². The van der Waals surface area contributed by atoms with Gasteiger partial charge in [-0.3, -0.25) is 0 Å². The van der Waals surface area contributed by atoms with Crippen LogP contribution in [0.2, 0.25) is 0 Å². The molecule has 2 aliphatic carbocycles. The molecule has 0 heteroatoms. The van der Waals surface area contributed by atoms with Crippen molar-refractivity contribution in [2.45, 2.75) is 104 Å². The highest BCUT2D eigenvalue weighted by Crippen LogP contribution is 2.45. The van der Waals surface area contributed by atoms with Gasteiger partial charge in [-0.2, -0.15) is 0 Å². The summed E-state index contributed by atoms with van der Waals surface area (Å²) in [6.07, 6.45) is 19.6. The second-order valence-corrected chi connectivity index (χ2v) is 8.82. The van der Waals surface area contributed by atoms with Gasteiger partial charge in [-0.25, -0.2) is 0 Å². The summed E-state index contributed by atoms with van der Waals surface area (Å²) < 4.78 is 0. The van der Waals surface area contributed by atoms with Crippen LogP contribution in [0, 0.1) is 23.2 Å². The quantitative estimate of drug-likeness (QED) is 0.491. The zero-order valence-corrected chi connectivity index (χ0v) is 14.4. The van der Waals surface area contributed by atoms with E-state index in [1.165, 1.54) is 83.5 Å². The van der Waals surface area contributed by atoms with E-state index >= 15 is 0 Å². The van der Waals surface area contributed by atoms with Gasteiger partial charge in [0.2, 0.25) is 0 Å². The van der Waals surface area contributed by atoms with Crippen LogP contribution in [0.5, 0.6) is 0 Å². The predicted molar refractivity (Wildman–Crippen MR) is 89.9 cm³/mol. The molecule has 118 valence electrons. The second-order valence-electron chi connectivity index (χ2n) is 8.82. The first kappa shape index (κ1) is 16.4. The third-order valence-corrected chi connectivity index (χ3v) is 5.91. The van der Waals surface area contributed by atoms with Crippen molar-refractivity contribution in [3.05, 3.63) is 0 Å². The standard InChI is InChI=1S/C20H38/c1-17(2)14-20(3,15-18-10-6-4-7-11-18)16-19-12-8-5-9-13-19/h17-19H,4-16H2,1-3H3. The maximum Gasteiger partial charge on any atom is -0.0318 e. The Morgan fingerprint density at radius 3 is 1.50 bits per heavy atom. The molecule has 0 saturated heterocycles. The van der Waals surface area contributed by atoms with Gasteiger partial charge in [-0.05, 0) is 42.4 Å². The van der Waals surface area contributed by atoms with E-state index in [1.807, 2.05) is 0 Å². The molecular formula is C20H38. The lowest BCUT2D eigenvalue weighted by atomic mass is 9.66. The fraction of sp³-hybridized carbons (Fsp3) is 1.00. The van der Waals surface area contributed by atoms with Crippen molar-refractivity contribution < 1.29 is 0 Å². The Morgan fingerprint density at radius 2 is 1.15 bits per heavy atom. The number of hydrogen-bond acceptors (Lipinski definition) is 0. The largest absolute Gasteiger partial charge is 0.0628 e. The third kappa shape index (κ3) is 5.41. The molecule has 0 aliphatic heterocycles. The van der Waals surface area contributed by atoms with Gasteiger partial charge in [0, 0.05) is 0 Å². The van der Waals surface area contributed by atoms with Crippen LogP contribution in [-0.4, -0.2) is 0 Å². The summed E-state index contributed by atoms with van der Waals surface area (Å²) in [5.41, 5.74) is 0.637. The molecule has 2 fully saturated rings. The molecule has 0 bridgehead atoms. The van der Waals surface area contributed by atoms with E-state index in [2.05, 4.69) is 20.8 Å². The van der Waals surface area contributed by atoms with Gasteiger partial charge < -0.3 is 0 Å². The molecule has 0 heterocycles. The fourth-order valence-corrected chi connectivity index (χ4v) is 5.41. The molecule has 0 aromatic heterocycles. The van der Waals surface area contributed by atoms with Crippen molar-refractivity contribution in [1.82, 2.24) is 0 Å². The summed E-state index contributed by atoms with van der Waals surface area (Å²) in [5, 5.41) is 0. The van der Waals surface area contributed by atoms with Crippen LogP contribution < -0.4 is 0 Å². The first-order chi connectivity index (χ1) is 9.57. The summed E-state index contributed by atoms with van der Waals surface area (Å²) in [5.74, 6) is 2.97. The maximum atomic E-state index is 2.64. The number of hydrogen-bond donors (Lipinski definition) is 0. The van der Waals surface area contributed by atoms with Gasteiger partial charge in [-0.15, -0.1) is 0 Å². The summed E-state index contributed by atoms with van der Waals surface area (Å²) in [6.45, 7) is 7.50. The van der Waals surface area contributed by atoms with E-state index in [0.29, 0.717) is 5.41 Å². The van der Waals surface area contributed by atoms with Crippen molar-refractivity contribution in [2.24, 2.45) is 23.2 Å². The molecular weight excluding hydrogens is 240 g/mol. The molecule has 2 rings (SSSR count). The molecule has 0 amide bonds. The highest BCUT2D eigenvalue weighted by Gasteiger charge is 2.32. The van der Waals surface area contributed by atoms with Gasteiger partial charge in [0.1, 0.15) is 0 Å². The van der Waals surface area contributed by atoms with E-state index in [-0.39, 0.29) is 0 Å². The van der Waals surface area contributed by atoms with E-state index in [0.717, 1.165) is 17.8 Å². The first-order valence-corrected chi connectivity index (χ1v) is 9.57. The normalized spacial score (nSPS) is 23.4. The molecule has 0 aromatic rings. The molecule has 20 heavy (non-hydrogen) atoms. The summed E-state index contributed by atoms with van der Waals surface area (Å²) >= 11 is 0. The molecule has 0 nitrogen and oxygen atoms in total. The van der Waals surface area contributed by atoms with Crippen LogP contribution in [0.4, 0.5) is 0 Å². The minimum atomic E-state index is 0.637. The zero-order valence-electron chi connectivity index (χ0n) is 14.4. The first-order valence-electron chi connectivity index (χ1n) is 9.57. The topological polar surface area (TPSA) is 0 Å². The lowest BCUT2D eigenvalue weighted by molar-refractivity contribution is 0.120. The average molecular weight is 279 g/mol. The van der Waals surface area contributed by atoms with E-state index < -0.39 is 0 Å². The lowest BCUT2D eigenvalue weighted by Gasteiger charge is -2.39. The highest BCUT2D eigenvalue weighted by atomic mass is 14.4.